The third kappa shape index (κ3) is 6.62. The number of hydrogen-bond acceptors (Lipinski definition) is 3. The molecule has 1 amide bonds. The topological polar surface area (TPSA) is 75.4 Å². The van der Waals surface area contributed by atoms with Crippen molar-refractivity contribution in [3.8, 4) is 0 Å². The van der Waals surface area contributed by atoms with Gasteiger partial charge in [-0.3, -0.25) is 4.79 Å². The number of aliphatic hydroxyl groups is 1. The van der Waals surface area contributed by atoms with Gasteiger partial charge in [-0.2, -0.15) is 13.2 Å². The van der Waals surface area contributed by atoms with Gasteiger partial charge in [0, 0.05) is 6.42 Å². The Morgan fingerprint density at radius 3 is 2.50 bits per heavy atom. The van der Waals surface area contributed by atoms with Crippen LogP contribution in [-0.4, -0.2) is 36.4 Å². The summed E-state index contributed by atoms with van der Waals surface area (Å²) in [6.45, 7) is 1.47. The molecular formula is C9H17F3N2O2. The van der Waals surface area contributed by atoms with Crippen LogP contribution in [0.4, 0.5) is 13.2 Å². The Kier molecular flexibility index (Phi) is 6.35. The lowest BCUT2D eigenvalue weighted by molar-refractivity contribution is -0.201. The van der Waals surface area contributed by atoms with Gasteiger partial charge in [0.05, 0.1) is 6.54 Å². The van der Waals surface area contributed by atoms with E-state index in [9.17, 15) is 18.0 Å². The summed E-state index contributed by atoms with van der Waals surface area (Å²) in [5, 5.41) is 10.6. The lowest BCUT2D eigenvalue weighted by atomic mass is 10.1. The summed E-state index contributed by atoms with van der Waals surface area (Å²) in [5.74, 6) is -0.359. The zero-order valence-corrected chi connectivity index (χ0v) is 9.05. The first-order valence-corrected chi connectivity index (χ1v) is 4.99. The standard InChI is InChI=1S/C9H17F3N2O2/c1-6(4-13)2-3-8(16)14-5-7(15)9(10,11)12/h6-7,15H,2-5,13H2,1H3,(H,14,16). The Hall–Kier alpha value is -0.820. The maximum absolute atomic E-state index is 11.9. The molecule has 0 aliphatic heterocycles. The molecule has 0 saturated heterocycles. The predicted molar refractivity (Wildman–Crippen MR) is 52.5 cm³/mol. The van der Waals surface area contributed by atoms with Crippen molar-refractivity contribution >= 4 is 5.91 Å². The number of rotatable bonds is 6. The quantitative estimate of drug-likeness (QED) is 0.631. The summed E-state index contributed by atoms with van der Waals surface area (Å²) in [6.07, 6.45) is -6.58. The highest BCUT2D eigenvalue weighted by molar-refractivity contribution is 5.75. The SMILES string of the molecule is CC(CN)CCC(=O)NCC(O)C(F)(F)F. The van der Waals surface area contributed by atoms with Crippen molar-refractivity contribution in [1.82, 2.24) is 5.32 Å². The molecule has 0 heterocycles. The van der Waals surface area contributed by atoms with Crippen LogP contribution < -0.4 is 11.1 Å². The fraction of sp³-hybridized carbons (Fsp3) is 0.889. The van der Waals surface area contributed by atoms with Gasteiger partial charge in [0.25, 0.3) is 0 Å². The van der Waals surface area contributed by atoms with Crippen molar-refractivity contribution in [2.75, 3.05) is 13.1 Å². The highest BCUT2D eigenvalue weighted by atomic mass is 19.4. The molecule has 2 unspecified atom stereocenters. The van der Waals surface area contributed by atoms with E-state index in [0.29, 0.717) is 13.0 Å². The Balaban J connectivity index is 3.74. The van der Waals surface area contributed by atoms with Gasteiger partial charge in [0.15, 0.2) is 6.10 Å². The Labute approximate surface area is 92.0 Å². The Morgan fingerprint density at radius 2 is 2.06 bits per heavy atom. The van der Waals surface area contributed by atoms with Crippen LogP contribution in [0.5, 0.6) is 0 Å². The molecule has 0 rings (SSSR count). The van der Waals surface area contributed by atoms with Crippen LogP contribution in [0.2, 0.25) is 0 Å². The zero-order chi connectivity index (χ0) is 12.8. The number of nitrogens with one attached hydrogen (secondary N) is 1. The van der Waals surface area contributed by atoms with E-state index in [1.165, 1.54) is 0 Å². The smallest absolute Gasteiger partial charge is 0.382 e. The van der Waals surface area contributed by atoms with E-state index >= 15 is 0 Å². The van der Waals surface area contributed by atoms with E-state index in [2.05, 4.69) is 0 Å². The molecule has 0 aromatic heterocycles. The third-order valence-electron chi connectivity index (χ3n) is 2.14. The molecule has 0 aliphatic carbocycles. The molecule has 4 N–H and O–H groups in total. The average molecular weight is 242 g/mol. The number of carbonyl (C=O) groups excluding carboxylic acids is 1. The summed E-state index contributed by atoms with van der Waals surface area (Å²) in [4.78, 5) is 11.1. The second kappa shape index (κ2) is 6.70. The van der Waals surface area contributed by atoms with Crippen LogP contribution in [0.3, 0.4) is 0 Å². The van der Waals surface area contributed by atoms with Crippen LogP contribution in [0.15, 0.2) is 0 Å². The van der Waals surface area contributed by atoms with Crippen LogP contribution in [-0.2, 0) is 4.79 Å². The average Bonchev–Trinajstić information content (AvgIpc) is 2.20. The molecule has 0 aromatic rings. The highest BCUT2D eigenvalue weighted by Gasteiger charge is 2.38. The number of aliphatic hydroxyl groups excluding tert-OH is 1. The number of hydrogen-bond donors (Lipinski definition) is 3. The molecule has 2 atom stereocenters. The molecule has 0 fully saturated rings. The first kappa shape index (κ1) is 15.2. The van der Waals surface area contributed by atoms with Gasteiger partial charge in [-0.1, -0.05) is 6.92 Å². The van der Waals surface area contributed by atoms with Crippen LogP contribution in [0, 0.1) is 5.92 Å². The normalized spacial score (nSPS) is 15.6. The number of nitrogens with two attached hydrogens (primary N) is 1. The van der Waals surface area contributed by atoms with Crippen molar-refractivity contribution < 1.29 is 23.1 Å². The van der Waals surface area contributed by atoms with Crippen molar-refractivity contribution in [2.45, 2.75) is 32.0 Å². The maximum Gasteiger partial charge on any atom is 0.416 e. The highest BCUT2D eigenvalue weighted by Crippen LogP contribution is 2.19. The molecular weight excluding hydrogens is 225 g/mol. The zero-order valence-electron chi connectivity index (χ0n) is 9.05. The number of amides is 1. The minimum atomic E-state index is -4.70. The van der Waals surface area contributed by atoms with Gasteiger partial charge in [0.1, 0.15) is 0 Å². The van der Waals surface area contributed by atoms with Gasteiger partial charge in [-0.15, -0.1) is 0 Å². The molecule has 4 nitrogen and oxygen atoms in total. The van der Waals surface area contributed by atoms with Crippen molar-refractivity contribution in [2.24, 2.45) is 11.7 Å². The molecule has 16 heavy (non-hydrogen) atoms. The van der Waals surface area contributed by atoms with Crippen molar-refractivity contribution in [3.63, 3.8) is 0 Å². The Morgan fingerprint density at radius 1 is 1.50 bits per heavy atom. The van der Waals surface area contributed by atoms with Gasteiger partial charge in [0.2, 0.25) is 5.91 Å². The van der Waals surface area contributed by atoms with Crippen molar-refractivity contribution in [3.05, 3.63) is 0 Å². The van der Waals surface area contributed by atoms with E-state index < -0.39 is 24.7 Å². The first-order valence-electron chi connectivity index (χ1n) is 4.99. The summed E-state index contributed by atoms with van der Waals surface area (Å²) in [6, 6.07) is 0. The van der Waals surface area contributed by atoms with Crippen LogP contribution in [0.1, 0.15) is 19.8 Å². The lowest BCUT2D eigenvalue weighted by Crippen LogP contribution is -2.40. The molecule has 7 heteroatoms. The van der Waals surface area contributed by atoms with E-state index in [1.54, 1.807) is 0 Å². The van der Waals surface area contributed by atoms with Crippen molar-refractivity contribution in [1.29, 1.82) is 0 Å². The molecule has 0 aromatic carbocycles. The minimum absolute atomic E-state index is 0.114. The predicted octanol–water partition coefficient (Wildman–Crippen LogP) is 0.401. The monoisotopic (exact) mass is 242 g/mol. The summed E-state index contributed by atoms with van der Waals surface area (Å²) in [7, 11) is 0. The molecule has 0 radical (unpaired) electrons. The number of halogens is 3. The molecule has 0 spiro atoms. The first-order chi connectivity index (χ1) is 7.27. The fourth-order valence-corrected chi connectivity index (χ4v) is 0.910. The Bertz CT molecular complexity index is 221. The summed E-state index contributed by atoms with van der Waals surface area (Å²) >= 11 is 0. The van der Waals surface area contributed by atoms with Gasteiger partial charge in [-0.25, -0.2) is 0 Å². The van der Waals surface area contributed by atoms with E-state index in [4.69, 9.17) is 10.8 Å². The largest absolute Gasteiger partial charge is 0.416 e. The summed E-state index contributed by atoms with van der Waals surface area (Å²) < 4.78 is 35.6. The van der Waals surface area contributed by atoms with E-state index in [0.717, 1.165) is 0 Å². The second-order valence-corrected chi connectivity index (χ2v) is 3.74. The maximum atomic E-state index is 11.9. The van der Waals surface area contributed by atoms with Crippen LogP contribution in [0.25, 0.3) is 0 Å². The number of carbonyl (C=O) groups is 1. The number of alkyl halides is 3. The van der Waals surface area contributed by atoms with E-state index in [-0.39, 0.29) is 12.3 Å². The van der Waals surface area contributed by atoms with Crippen LogP contribution >= 0.6 is 0 Å². The van der Waals surface area contributed by atoms with E-state index in [1.807, 2.05) is 12.2 Å². The molecule has 0 bridgehead atoms. The van der Waals surface area contributed by atoms with Gasteiger partial charge < -0.3 is 16.2 Å². The molecule has 0 saturated carbocycles. The summed E-state index contributed by atoms with van der Waals surface area (Å²) in [5.41, 5.74) is 5.32. The lowest BCUT2D eigenvalue weighted by Gasteiger charge is -2.15. The molecule has 96 valence electrons. The second-order valence-electron chi connectivity index (χ2n) is 3.74. The molecule has 0 aliphatic rings. The van der Waals surface area contributed by atoms with Gasteiger partial charge in [-0.05, 0) is 18.9 Å². The third-order valence-corrected chi connectivity index (χ3v) is 2.14. The minimum Gasteiger partial charge on any atom is -0.382 e. The fourth-order valence-electron chi connectivity index (χ4n) is 0.910. The van der Waals surface area contributed by atoms with Gasteiger partial charge >= 0.3 is 6.18 Å².